The van der Waals surface area contributed by atoms with E-state index in [9.17, 15) is 18.4 Å². The molecule has 1 fully saturated rings. The third-order valence-corrected chi connectivity index (χ3v) is 4.21. The van der Waals surface area contributed by atoms with Gasteiger partial charge in [0.1, 0.15) is 5.75 Å². The van der Waals surface area contributed by atoms with E-state index in [1.165, 1.54) is 24.3 Å². The van der Waals surface area contributed by atoms with Gasteiger partial charge in [0.25, 0.3) is 5.91 Å². The van der Waals surface area contributed by atoms with Gasteiger partial charge in [0.2, 0.25) is 5.91 Å². The van der Waals surface area contributed by atoms with E-state index in [1.54, 1.807) is 18.2 Å². The summed E-state index contributed by atoms with van der Waals surface area (Å²) in [4.78, 5) is 25.7. The van der Waals surface area contributed by atoms with Crippen molar-refractivity contribution in [1.82, 2.24) is 5.32 Å². The summed E-state index contributed by atoms with van der Waals surface area (Å²) in [6.45, 7) is -1.59. The van der Waals surface area contributed by atoms with Crippen LogP contribution in [0.2, 0.25) is 5.02 Å². The van der Waals surface area contributed by atoms with Crippen molar-refractivity contribution in [2.45, 2.75) is 6.61 Å². The zero-order valence-electron chi connectivity index (χ0n) is 14.0. The second-order valence-corrected chi connectivity index (χ2v) is 6.21. The van der Waals surface area contributed by atoms with Gasteiger partial charge in [-0.1, -0.05) is 17.7 Å². The molecule has 2 aromatic rings. The van der Waals surface area contributed by atoms with Crippen molar-refractivity contribution in [2.75, 3.05) is 29.9 Å². The fourth-order valence-corrected chi connectivity index (χ4v) is 3.00. The fraction of sp³-hybridized carbons (Fsp3) is 0.222. The molecule has 6 nitrogen and oxygen atoms in total. The molecule has 3 rings (SSSR count). The molecule has 1 aliphatic heterocycles. The lowest BCUT2D eigenvalue weighted by Crippen LogP contribution is -2.47. The topological polar surface area (TPSA) is 70.7 Å². The molecule has 0 saturated carbocycles. The summed E-state index contributed by atoms with van der Waals surface area (Å²) in [6, 6.07) is 10.4. The number of piperazine rings is 1. The number of ether oxygens (including phenoxy) is 1. The second-order valence-electron chi connectivity index (χ2n) is 5.80. The number of halogens is 3. The van der Waals surface area contributed by atoms with E-state index in [1.807, 2.05) is 4.90 Å². The molecule has 0 spiro atoms. The molecule has 142 valence electrons. The Morgan fingerprint density at radius 2 is 2.07 bits per heavy atom. The average molecular weight is 396 g/mol. The van der Waals surface area contributed by atoms with Crippen molar-refractivity contribution in [2.24, 2.45) is 0 Å². The monoisotopic (exact) mass is 395 g/mol. The van der Waals surface area contributed by atoms with Crippen LogP contribution in [-0.4, -0.2) is 38.1 Å². The van der Waals surface area contributed by atoms with Crippen LogP contribution in [0.4, 0.5) is 20.2 Å². The highest BCUT2D eigenvalue weighted by Crippen LogP contribution is 2.29. The second kappa shape index (κ2) is 8.22. The first-order valence-electron chi connectivity index (χ1n) is 8.10. The summed E-state index contributed by atoms with van der Waals surface area (Å²) < 4.78 is 28.9. The van der Waals surface area contributed by atoms with Crippen molar-refractivity contribution in [3.8, 4) is 5.75 Å². The normalized spacial score (nSPS) is 14.1. The van der Waals surface area contributed by atoms with E-state index in [0.29, 0.717) is 29.5 Å². The molecule has 1 aliphatic rings. The molecular formula is C18H16ClF2N3O3. The Balaban J connectivity index is 1.71. The maximum Gasteiger partial charge on any atom is 0.387 e. The third kappa shape index (κ3) is 4.85. The number of amides is 2. The number of carbonyl (C=O) groups excluding carboxylic acids is 2. The number of hydrogen-bond acceptors (Lipinski definition) is 4. The van der Waals surface area contributed by atoms with Crippen LogP contribution in [0.3, 0.4) is 0 Å². The molecule has 0 unspecified atom stereocenters. The average Bonchev–Trinajstić information content (AvgIpc) is 2.61. The van der Waals surface area contributed by atoms with Gasteiger partial charge in [-0.2, -0.15) is 8.78 Å². The minimum absolute atomic E-state index is 0.0828. The van der Waals surface area contributed by atoms with Crippen LogP contribution in [0.25, 0.3) is 0 Å². The summed E-state index contributed by atoms with van der Waals surface area (Å²) in [5.74, 6) is -0.675. The van der Waals surface area contributed by atoms with Crippen molar-refractivity contribution in [3.05, 3.63) is 53.1 Å². The van der Waals surface area contributed by atoms with Crippen molar-refractivity contribution in [3.63, 3.8) is 0 Å². The maximum absolute atomic E-state index is 12.3. The molecule has 0 aliphatic carbocycles. The van der Waals surface area contributed by atoms with Gasteiger partial charge in [-0.05, 0) is 36.4 Å². The lowest BCUT2D eigenvalue weighted by Gasteiger charge is -2.29. The Labute approximate surface area is 159 Å². The van der Waals surface area contributed by atoms with Crippen LogP contribution in [-0.2, 0) is 4.79 Å². The van der Waals surface area contributed by atoms with E-state index in [4.69, 9.17) is 11.6 Å². The largest absolute Gasteiger partial charge is 0.435 e. The van der Waals surface area contributed by atoms with Gasteiger partial charge in [0.15, 0.2) is 0 Å². The van der Waals surface area contributed by atoms with E-state index in [-0.39, 0.29) is 23.8 Å². The van der Waals surface area contributed by atoms with E-state index in [0.717, 1.165) is 0 Å². The molecule has 0 bridgehead atoms. The molecule has 27 heavy (non-hydrogen) atoms. The number of nitrogens with zero attached hydrogens (tertiary/aromatic N) is 1. The zero-order chi connectivity index (χ0) is 19.4. The molecule has 2 amide bonds. The molecule has 0 aromatic heterocycles. The summed E-state index contributed by atoms with van der Waals surface area (Å²) in [7, 11) is 0. The first-order valence-corrected chi connectivity index (χ1v) is 8.47. The minimum Gasteiger partial charge on any atom is -0.435 e. The van der Waals surface area contributed by atoms with Crippen LogP contribution < -0.4 is 20.3 Å². The molecule has 0 atom stereocenters. The lowest BCUT2D eigenvalue weighted by atomic mass is 10.2. The summed E-state index contributed by atoms with van der Waals surface area (Å²) in [6.07, 6.45) is 0. The number of anilines is 2. The number of rotatable bonds is 5. The van der Waals surface area contributed by atoms with Crippen LogP contribution in [0.1, 0.15) is 10.4 Å². The number of benzene rings is 2. The predicted octanol–water partition coefficient (Wildman–Crippen LogP) is 3.13. The molecule has 9 heteroatoms. The maximum atomic E-state index is 12.3. The molecule has 0 radical (unpaired) electrons. The van der Waals surface area contributed by atoms with Gasteiger partial charge < -0.3 is 20.3 Å². The number of carbonyl (C=O) groups is 2. The lowest BCUT2D eigenvalue weighted by molar-refractivity contribution is -0.120. The van der Waals surface area contributed by atoms with Gasteiger partial charge in [-0.3, -0.25) is 9.59 Å². The Bertz CT molecular complexity index is 863. The minimum atomic E-state index is -2.97. The van der Waals surface area contributed by atoms with Gasteiger partial charge in [-0.25, -0.2) is 0 Å². The Hall–Kier alpha value is -2.87. The van der Waals surface area contributed by atoms with Crippen LogP contribution in [0.15, 0.2) is 42.5 Å². The molecule has 2 aromatic carbocycles. The van der Waals surface area contributed by atoms with E-state index >= 15 is 0 Å². The number of alkyl halides is 2. The Morgan fingerprint density at radius 3 is 2.78 bits per heavy atom. The number of hydrogen-bond donors (Lipinski definition) is 2. The van der Waals surface area contributed by atoms with Gasteiger partial charge >= 0.3 is 6.61 Å². The quantitative estimate of drug-likeness (QED) is 0.816. The molecule has 2 N–H and O–H groups in total. The Morgan fingerprint density at radius 1 is 1.26 bits per heavy atom. The first kappa shape index (κ1) is 18.9. The molecular weight excluding hydrogens is 380 g/mol. The highest BCUT2D eigenvalue weighted by atomic mass is 35.5. The van der Waals surface area contributed by atoms with Crippen molar-refractivity contribution >= 4 is 34.8 Å². The zero-order valence-corrected chi connectivity index (χ0v) is 14.8. The van der Waals surface area contributed by atoms with Gasteiger partial charge in [0.05, 0.1) is 17.3 Å². The van der Waals surface area contributed by atoms with Gasteiger partial charge in [-0.15, -0.1) is 0 Å². The highest BCUT2D eigenvalue weighted by Gasteiger charge is 2.19. The Kier molecular flexibility index (Phi) is 5.75. The summed E-state index contributed by atoms with van der Waals surface area (Å²) in [5.41, 5.74) is 1.30. The number of nitrogens with one attached hydrogen (secondary N) is 2. The van der Waals surface area contributed by atoms with Crippen molar-refractivity contribution < 1.29 is 23.1 Å². The van der Waals surface area contributed by atoms with Crippen LogP contribution in [0, 0.1) is 0 Å². The fourth-order valence-electron chi connectivity index (χ4n) is 2.70. The smallest absolute Gasteiger partial charge is 0.387 e. The highest BCUT2D eigenvalue weighted by molar-refractivity contribution is 6.33. The van der Waals surface area contributed by atoms with E-state index < -0.39 is 12.5 Å². The third-order valence-electron chi connectivity index (χ3n) is 3.91. The first-order chi connectivity index (χ1) is 12.9. The standard InChI is InChI=1S/C18H16ClF2N3O3/c19-14-9-12(4-5-15(14)24-7-6-22-16(25)10-24)23-17(26)11-2-1-3-13(8-11)27-18(20)21/h1-5,8-9,18H,6-7,10H2,(H,22,25)(H,23,26). The van der Waals surface area contributed by atoms with Crippen LogP contribution in [0.5, 0.6) is 5.75 Å². The van der Waals surface area contributed by atoms with Gasteiger partial charge in [0, 0.05) is 24.3 Å². The van der Waals surface area contributed by atoms with E-state index in [2.05, 4.69) is 15.4 Å². The summed E-state index contributed by atoms with van der Waals surface area (Å²) >= 11 is 6.29. The SMILES string of the molecule is O=C1CN(c2ccc(NC(=O)c3cccc(OC(F)F)c3)cc2Cl)CCN1. The molecule has 1 heterocycles. The van der Waals surface area contributed by atoms with Crippen molar-refractivity contribution in [1.29, 1.82) is 0 Å². The van der Waals surface area contributed by atoms with Crippen LogP contribution >= 0.6 is 11.6 Å². The molecule has 1 saturated heterocycles. The predicted molar refractivity (Wildman–Crippen MR) is 97.7 cm³/mol. The summed E-state index contributed by atoms with van der Waals surface area (Å²) in [5, 5.41) is 5.78.